The Balaban J connectivity index is 0. The molecule has 0 saturated heterocycles. The minimum Gasteiger partial charge on any atom is -2.00 e. The SMILES string of the molecule is [Cr+3].[Cr+3].[Cr+3].[Cr+3].[Cr+3].[Cr+3].[Cr+3].[Cr+3].[Cr+3].[Cr+3].[Cr+3].[Cr+3].[Cr+3].[Cr+3].[Cr+3].[Cr+3].[Cr+3].[Cr+3].[Cr+3].[Cr+3].[Cr+3].[Cr+3].[Cr+3].[Cr+3].[Cr+3].[Cr+3].[Cr+3].[Cr+3].[Cr+3].[Cr+3].[Cr+3].[Cr+3].[Cr+3].[Cr+3].[Cr+3].[Cr+3].[Cr+3].[Cr+3].[Cr+3].[Cr+3].[O-2].[O-2].[O-2].[O-2].[O-2].[O-2].[O-2].[O-2].[O-2].[O-2].[O-2].[O-2].[O-2].[O-2].[O-2].[O-2].[O-2].[O-2].[O-2].[O-2].[O-2].[O-2].[O-2].[O-2].[O-2].[O-2].[O-2].[O-2].[O-2].[O-2].[O-2].[O-2].[O-2].[O-2].[O-2].[O-2].[O-2].[O-2].[O-2].[O-2].[O-2].[O-2].[O-2].[O-2].[O-2]. The van der Waals surface area contributed by atoms with Gasteiger partial charge in [-0.3, -0.25) is 0 Å². The van der Waals surface area contributed by atoms with Crippen molar-refractivity contribution < 1.29 is 941 Å². The smallest absolute Gasteiger partial charge is 2.00 e. The van der Waals surface area contributed by atoms with Gasteiger partial charge < -0.3 is 246 Å². The summed E-state index contributed by atoms with van der Waals surface area (Å²) in [5, 5.41) is 0. The molecule has 0 atom stereocenters. The second kappa shape index (κ2) is 2860. The average Bonchev–Trinajstić information content (AvgIpc) is 0. The molecule has 0 saturated carbocycles. The molecular formula is Cr40O45+30. The van der Waals surface area contributed by atoms with Crippen molar-refractivity contribution in [1.82, 2.24) is 0 Å². The van der Waals surface area contributed by atoms with Crippen LogP contribution in [0.2, 0.25) is 0 Å². The second-order valence-electron chi connectivity index (χ2n) is 0. The fraction of sp³-hybridized carbons (Fsp3) is 0. The van der Waals surface area contributed by atoms with Crippen LogP contribution in [-0.2, 0) is 941 Å². The van der Waals surface area contributed by atoms with E-state index in [0.29, 0.717) is 0 Å². The van der Waals surface area contributed by atoms with E-state index in [1.54, 1.807) is 0 Å². The van der Waals surface area contributed by atoms with Gasteiger partial charge in [0.2, 0.25) is 0 Å². The Bertz CT molecular complexity index is 84.8. The van der Waals surface area contributed by atoms with E-state index in [1.165, 1.54) is 0 Å². The Kier molecular flexibility index (Phi) is 99100. The van der Waals surface area contributed by atoms with Crippen LogP contribution >= 0.6 is 0 Å². The zero-order valence-corrected chi connectivity index (χ0v) is 85.7. The third-order valence-corrected chi connectivity index (χ3v) is 0. The van der Waals surface area contributed by atoms with Crippen molar-refractivity contribution >= 4 is 0 Å². The molecular weight excluding hydrogens is 2800 g/mol. The quantitative estimate of drug-likeness (QED) is 0.219. The molecule has 0 aromatic heterocycles. The zero-order chi connectivity index (χ0) is 0. The van der Waals surface area contributed by atoms with Gasteiger partial charge >= 0.3 is 694 Å². The van der Waals surface area contributed by atoms with Crippen LogP contribution in [0, 0.1) is 0 Å². The van der Waals surface area contributed by atoms with E-state index < -0.39 is 0 Å². The van der Waals surface area contributed by atoms with E-state index in [2.05, 4.69) is 0 Å². The molecule has 0 bridgehead atoms. The molecule has 0 amide bonds. The first-order valence-electron chi connectivity index (χ1n) is 0. The molecule has 0 N–H and O–H groups in total. The maximum atomic E-state index is 0. The summed E-state index contributed by atoms with van der Waals surface area (Å²) in [7, 11) is 0. The van der Waals surface area contributed by atoms with Crippen LogP contribution in [0.3, 0.4) is 0 Å². The van der Waals surface area contributed by atoms with Gasteiger partial charge in [-0.2, -0.15) is 0 Å². The van der Waals surface area contributed by atoms with Crippen molar-refractivity contribution in [2.24, 2.45) is 0 Å². The fourth-order valence-electron chi connectivity index (χ4n) is 0. The van der Waals surface area contributed by atoms with Gasteiger partial charge in [-0.25, -0.2) is 0 Å². The summed E-state index contributed by atoms with van der Waals surface area (Å²) in [4.78, 5) is 0. The Morgan fingerprint density at radius 2 is 0.0235 bits per heavy atom. The van der Waals surface area contributed by atoms with E-state index in [1.807, 2.05) is 0 Å². The van der Waals surface area contributed by atoms with Crippen LogP contribution in [0.4, 0.5) is 0 Å². The van der Waals surface area contributed by atoms with E-state index in [9.17, 15) is 0 Å². The first-order valence-corrected chi connectivity index (χ1v) is 0. The average molecular weight is 2800 g/mol. The van der Waals surface area contributed by atoms with Crippen LogP contribution in [0.5, 0.6) is 0 Å². The van der Waals surface area contributed by atoms with Crippen molar-refractivity contribution in [3.05, 3.63) is 0 Å². The monoisotopic (exact) mass is 2800 g/mol. The van der Waals surface area contributed by atoms with Gasteiger partial charge in [0.1, 0.15) is 0 Å². The topological polar surface area (TPSA) is 1280 Å². The standard InChI is InChI=1S/40Cr.45O/q40*+3;45*-2. The molecule has 0 aliphatic carbocycles. The third kappa shape index (κ3) is 2800. The van der Waals surface area contributed by atoms with Crippen LogP contribution in [0.25, 0.3) is 0 Å². The van der Waals surface area contributed by atoms with Crippen LogP contribution in [-0.4, -0.2) is 0 Å². The molecule has 0 fully saturated rings. The normalized spacial score (nSPS) is 0. The van der Waals surface area contributed by atoms with Crippen LogP contribution in [0.15, 0.2) is 0 Å². The summed E-state index contributed by atoms with van der Waals surface area (Å²) in [6.07, 6.45) is 0. The van der Waals surface area contributed by atoms with Crippen molar-refractivity contribution in [2.45, 2.75) is 0 Å². The summed E-state index contributed by atoms with van der Waals surface area (Å²) in [6, 6.07) is 0. The van der Waals surface area contributed by atoms with Gasteiger partial charge in [-0.05, 0) is 0 Å². The summed E-state index contributed by atoms with van der Waals surface area (Å²) < 4.78 is 0. The Morgan fingerprint density at radius 1 is 0.0235 bits per heavy atom. The number of rotatable bonds is 0. The molecule has 0 heterocycles. The van der Waals surface area contributed by atoms with E-state index in [4.69, 9.17) is 0 Å². The first kappa shape index (κ1) is 2940. The van der Waals surface area contributed by atoms with E-state index in [-0.39, 0.29) is 941 Å². The summed E-state index contributed by atoms with van der Waals surface area (Å²) in [5.41, 5.74) is 0. The molecule has 0 spiro atoms. The molecule has 85 heteroatoms. The van der Waals surface area contributed by atoms with Gasteiger partial charge in [0.15, 0.2) is 0 Å². The van der Waals surface area contributed by atoms with E-state index >= 15 is 0 Å². The molecule has 40 radical (unpaired) electrons. The van der Waals surface area contributed by atoms with Crippen LogP contribution < -0.4 is 0 Å². The zero-order valence-electron chi connectivity index (χ0n) is 34.7. The molecule has 0 aliphatic heterocycles. The largest absolute Gasteiger partial charge is 3.00 e. The predicted octanol–water partition coefficient (Wildman–Crippen LogP) is -5.45. The minimum atomic E-state index is 0. The molecule has 0 aliphatic rings. The maximum Gasteiger partial charge on any atom is 3.00 e. The van der Waals surface area contributed by atoms with Crippen molar-refractivity contribution in [2.75, 3.05) is 0 Å². The number of hydrogen-bond donors (Lipinski definition) is 0. The van der Waals surface area contributed by atoms with Crippen molar-refractivity contribution in [3.63, 3.8) is 0 Å². The first-order chi connectivity index (χ1) is 0. The number of hydrogen-bond acceptors (Lipinski definition) is 0. The molecule has 0 aromatic rings. The summed E-state index contributed by atoms with van der Waals surface area (Å²) >= 11 is 0. The van der Waals surface area contributed by atoms with E-state index in [0.717, 1.165) is 0 Å². The molecule has 0 unspecified atom stereocenters. The Hall–Kier alpha value is 19.5. The van der Waals surface area contributed by atoms with Gasteiger partial charge in [-0.1, -0.05) is 0 Å². The van der Waals surface area contributed by atoms with Gasteiger partial charge in [0.25, 0.3) is 0 Å². The summed E-state index contributed by atoms with van der Waals surface area (Å²) in [5.74, 6) is 0. The predicted molar refractivity (Wildman–Crippen MR) is 30.9 cm³/mol. The van der Waals surface area contributed by atoms with Crippen LogP contribution in [0.1, 0.15) is 0 Å². The van der Waals surface area contributed by atoms with Gasteiger partial charge in [0.05, 0.1) is 0 Å². The Labute approximate surface area is 923 Å². The Morgan fingerprint density at radius 3 is 0.0235 bits per heavy atom. The molecule has 85 heavy (non-hydrogen) atoms. The van der Waals surface area contributed by atoms with Gasteiger partial charge in [0, 0.05) is 0 Å². The maximum absolute atomic E-state index is 0. The second-order valence-corrected chi connectivity index (χ2v) is 0. The molecule has 0 rings (SSSR count). The fourth-order valence-corrected chi connectivity index (χ4v) is 0. The van der Waals surface area contributed by atoms with Crippen molar-refractivity contribution in [1.29, 1.82) is 0 Å². The minimum absolute atomic E-state index is 0. The van der Waals surface area contributed by atoms with Crippen molar-refractivity contribution in [3.8, 4) is 0 Å². The van der Waals surface area contributed by atoms with Gasteiger partial charge in [-0.15, -0.1) is 0 Å². The molecule has 45 nitrogen and oxygen atoms in total. The summed E-state index contributed by atoms with van der Waals surface area (Å²) in [6.45, 7) is 0. The molecule has 0 aromatic carbocycles. The molecule has 480 valence electrons. The third-order valence-electron chi connectivity index (χ3n) is 0.